The van der Waals surface area contributed by atoms with Crippen LogP contribution in [-0.2, 0) is 6.61 Å². The molecule has 0 amide bonds. The number of likely N-dealkylation sites (tertiary alicyclic amines) is 1. The Morgan fingerprint density at radius 3 is 2.69 bits per heavy atom. The molecule has 0 radical (unpaired) electrons. The number of benzene rings is 2. The van der Waals surface area contributed by atoms with Crippen LogP contribution in [0.4, 0.5) is 0 Å². The first kappa shape index (κ1) is 19.5. The Kier molecular flexibility index (Phi) is 5.12. The van der Waals surface area contributed by atoms with Crippen LogP contribution in [0.3, 0.4) is 0 Å². The van der Waals surface area contributed by atoms with Gasteiger partial charge in [0.1, 0.15) is 24.3 Å². The summed E-state index contributed by atoms with van der Waals surface area (Å²) in [6, 6.07) is 19.2. The predicted octanol–water partition coefficient (Wildman–Crippen LogP) is 5.33. The Morgan fingerprint density at radius 1 is 1.00 bits per heavy atom. The standard InChI is InChI=1S/C27H28N4O/c1-2-6-20(7-3-1)18-32-24-9-4-8-22(14-24)26-17-31(27-25(26)15-28-19-29-27)23-12-21(13-23)16-30-10-5-11-30/h1-4,6-9,14-15,17,19,21,23H,5,10-13,16,18H2. The zero-order valence-corrected chi connectivity index (χ0v) is 18.2. The van der Waals surface area contributed by atoms with Crippen molar-refractivity contribution in [1.82, 2.24) is 19.4 Å². The SMILES string of the molecule is c1ccc(COc2cccc(-c3cn(C4CC(CN5CCC5)C4)c4ncncc34)c2)cc1. The van der Waals surface area contributed by atoms with E-state index in [1.54, 1.807) is 6.33 Å². The summed E-state index contributed by atoms with van der Waals surface area (Å²) in [6.45, 7) is 4.40. The van der Waals surface area contributed by atoms with E-state index in [0.29, 0.717) is 12.6 Å². The van der Waals surface area contributed by atoms with E-state index < -0.39 is 0 Å². The minimum atomic E-state index is 0.532. The van der Waals surface area contributed by atoms with Crippen LogP contribution < -0.4 is 4.74 Å². The summed E-state index contributed by atoms with van der Waals surface area (Å²) < 4.78 is 8.46. The molecule has 0 N–H and O–H groups in total. The molecule has 4 aromatic rings. The van der Waals surface area contributed by atoms with Crippen LogP contribution in [0.1, 0.15) is 30.9 Å². The molecule has 6 rings (SSSR count). The Morgan fingerprint density at radius 2 is 1.88 bits per heavy atom. The molecule has 0 spiro atoms. The molecule has 32 heavy (non-hydrogen) atoms. The minimum absolute atomic E-state index is 0.532. The molecule has 0 unspecified atom stereocenters. The van der Waals surface area contributed by atoms with E-state index in [2.05, 4.69) is 56.0 Å². The smallest absolute Gasteiger partial charge is 0.144 e. The molecular formula is C27H28N4O. The molecule has 0 atom stereocenters. The topological polar surface area (TPSA) is 43.2 Å². The predicted molar refractivity (Wildman–Crippen MR) is 127 cm³/mol. The maximum atomic E-state index is 6.08. The third kappa shape index (κ3) is 3.78. The average Bonchev–Trinajstić information content (AvgIpc) is 3.16. The van der Waals surface area contributed by atoms with Gasteiger partial charge in [-0.25, -0.2) is 9.97 Å². The average molecular weight is 425 g/mol. The van der Waals surface area contributed by atoms with Crippen molar-refractivity contribution in [2.45, 2.75) is 31.9 Å². The molecule has 3 heterocycles. The fourth-order valence-electron chi connectivity index (χ4n) is 5.00. The highest BCUT2D eigenvalue weighted by Crippen LogP contribution is 2.42. The van der Waals surface area contributed by atoms with Crippen molar-refractivity contribution in [2.75, 3.05) is 19.6 Å². The van der Waals surface area contributed by atoms with Gasteiger partial charge < -0.3 is 14.2 Å². The highest BCUT2D eigenvalue weighted by atomic mass is 16.5. The molecule has 2 fully saturated rings. The number of rotatable bonds is 7. The van der Waals surface area contributed by atoms with Crippen molar-refractivity contribution in [3.63, 3.8) is 0 Å². The van der Waals surface area contributed by atoms with Gasteiger partial charge >= 0.3 is 0 Å². The molecule has 2 aliphatic rings. The van der Waals surface area contributed by atoms with Gasteiger partial charge in [-0.15, -0.1) is 0 Å². The molecule has 2 aromatic heterocycles. The fourth-order valence-corrected chi connectivity index (χ4v) is 5.00. The van der Waals surface area contributed by atoms with Crippen molar-refractivity contribution in [3.05, 3.63) is 78.9 Å². The summed E-state index contributed by atoms with van der Waals surface area (Å²) in [5.74, 6) is 1.69. The largest absolute Gasteiger partial charge is 0.489 e. The maximum Gasteiger partial charge on any atom is 0.144 e. The molecule has 5 heteroatoms. The molecule has 1 saturated carbocycles. The van der Waals surface area contributed by atoms with E-state index >= 15 is 0 Å². The van der Waals surface area contributed by atoms with Crippen molar-refractivity contribution in [2.24, 2.45) is 5.92 Å². The fraction of sp³-hybridized carbons (Fsp3) is 0.333. The third-order valence-electron chi connectivity index (χ3n) is 6.96. The summed E-state index contributed by atoms with van der Waals surface area (Å²) in [4.78, 5) is 11.6. The van der Waals surface area contributed by atoms with Crippen molar-refractivity contribution in [1.29, 1.82) is 0 Å². The summed E-state index contributed by atoms with van der Waals surface area (Å²) in [7, 11) is 0. The monoisotopic (exact) mass is 424 g/mol. The highest BCUT2D eigenvalue weighted by molar-refractivity contribution is 5.93. The quantitative estimate of drug-likeness (QED) is 0.402. The second-order valence-electron chi connectivity index (χ2n) is 9.16. The third-order valence-corrected chi connectivity index (χ3v) is 6.96. The van der Waals surface area contributed by atoms with Gasteiger partial charge in [-0.2, -0.15) is 0 Å². The van der Waals surface area contributed by atoms with Gasteiger partial charge in [0.25, 0.3) is 0 Å². The molecule has 5 nitrogen and oxygen atoms in total. The summed E-state index contributed by atoms with van der Waals surface area (Å²) in [5, 5.41) is 1.11. The van der Waals surface area contributed by atoms with Gasteiger partial charge in [0.05, 0.1) is 0 Å². The van der Waals surface area contributed by atoms with E-state index in [0.717, 1.165) is 28.3 Å². The van der Waals surface area contributed by atoms with Gasteiger partial charge in [-0.1, -0.05) is 42.5 Å². The van der Waals surface area contributed by atoms with Crippen LogP contribution in [0.25, 0.3) is 22.2 Å². The summed E-state index contributed by atoms with van der Waals surface area (Å²) in [6.07, 6.45) is 9.74. The minimum Gasteiger partial charge on any atom is -0.489 e. The Balaban J connectivity index is 1.24. The first-order chi connectivity index (χ1) is 15.8. The van der Waals surface area contributed by atoms with Crippen LogP contribution in [0.5, 0.6) is 5.75 Å². The van der Waals surface area contributed by atoms with E-state index in [4.69, 9.17) is 4.74 Å². The number of ether oxygens (including phenoxy) is 1. The number of fused-ring (bicyclic) bond motifs is 1. The van der Waals surface area contributed by atoms with Crippen LogP contribution in [-0.4, -0.2) is 39.1 Å². The Labute approximate surface area is 188 Å². The van der Waals surface area contributed by atoms with Gasteiger partial charge in [-0.3, -0.25) is 0 Å². The van der Waals surface area contributed by atoms with E-state index in [1.165, 1.54) is 50.0 Å². The van der Waals surface area contributed by atoms with Gasteiger partial charge in [-0.05, 0) is 61.5 Å². The molecule has 2 aromatic carbocycles. The van der Waals surface area contributed by atoms with E-state index in [-0.39, 0.29) is 0 Å². The maximum absolute atomic E-state index is 6.08. The van der Waals surface area contributed by atoms with Crippen LogP contribution in [0, 0.1) is 5.92 Å². The van der Waals surface area contributed by atoms with Crippen molar-refractivity contribution >= 4 is 11.0 Å². The zero-order valence-electron chi connectivity index (χ0n) is 18.2. The van der Waals surface area contributed by atoms with Gasteiger partial charge in [0.15, 0.2) is 0 Å². The molecule has 1 aliphatic carbocycles. The number of nitrogens with zero attached hydrogens (tertiary/aromatic N) is 4. The lowest BCUT2D eigenvalue weighted by molar-refractivity contribution is 0.0921. The summed E-state index contributed by atoms with van der Waals surface area (Å²) in [5.41, 5.74) is 4.53. The first-order valence-electron chi connectivity index (χ1n) is 11.6. The second-order valence-corrected chi connectivity index (χ2v) is 9.16. The molecule has 1 saturated heterocycles. The lowest BCUT2D eigenvalue weighted by Crippen LogP contribution is -2.43. The molecule has 0 bridgehead atoms. The van der Waals surface area contributed by atoms with Crippen molar-refractivity contribution in [3.8, 4) is 16.9 Å². The van der Waals surface area contributed by atoms with Crippen molar-refractivity contribution < 1.29 is 4.74 Å². The number of hydrogen-bond donors (Lipinski definition) is 0. The van der Waals surface area contributed by atoms with Crippen LogP contribution in [0.15, 0.2) is 73.3 Å². The first-order valence-corrected chi connectivity index (χ1v) is 11.6. The van der Waals surface area contributed by atoms with Gasteiger partial charge in [0.2, 0.25) is 0 Å². The van der Waals surface area contributed by atoms with E-state index in [1.807, 2.05) is 30.5 Å². The Hall–Kier alpha value is -3.18. The van der Waals surface area contributed by atoms with Crippen LogP contribution in [0.2, 0.25) is 0 Å². The molecular weight excluding hydrogens is 396 g/mol. The summed E-state index contributed by atoms with van der Waals surface area (Å²) >= 11 is 0. The lowest BCUT2D eigenvalue weighted by atomic mass is 9.79. The van der Waals surface area contributed by atoms with Gasteiger partial charge in [0, 0.05) is 35.9 Å². The van der Waals surface area contributed by atoms with E-state index in [9.17, 15) is 0 Å². The zero-order chi connectivity index (χ0) is 21.3. The number of hydrogen-bond acceptors (Lipinski definition) is 4. The Bertz CT molecular complexity index is 1210. The number of aromatic nitrogens is 3. The normalized spacial score (nSPS) is 20.6. The lowest BCUT2D eigenvalue weighted by Gasteiger charge is -2.42. The molecule has 162 valence electrons. The highest BCUT2D eigenvalue weighted by Gasteiger charge is 2.34. The molecule has 1 aliphatic heterocycles. The van der Waals surface area contributed by atoms with Crippen LogP contribution >= 0.6 is 0 Å². The second kappa shape index (κ2) is 8.40.